The van der Waals surface area contributed by atoms with E-state index in [1.807, 2.05) is 0 Å². The SMILES string of the molecule is [Mn+2].[O-][I+3]([O-])([O-])[O-].[O-][I+3]([O-])([O-])[O-]. The fourth-order valence-electron chi connectivity index (χ4n) is 0. The van der Waals surface area contributed by atoms with Crippen LogP contribution >= 0.6 is 0 Å². The van der Waals surface area contributed by atoms with Crippen LogP contribution in [-0.4, -0.2) is 0 Å². The zero-order valence-electron chi connectivity index (χ0n) is 4.40. The molecule has 1 radical (unpaired) electrons. The molecular formula is I2MnO8. The zero-order chi connectivity index (χ0) is 9.00. The molecule has 0 rings (SSSR count). The molecule has 0 aromatic heterocycles. The maximum absolute atomic E-state index is 8.62. The van der Waals surface area contributed by atoms with Gasteiger partial charge in [-0.15, -0.1) is 0 Å². The van der Waals surface area contributed by atoms with Crippen molar-refractivity contribution in [2.24, 2.45) is 0 Å². The van der Waals surface area contributed by atoms with Crippen LogP contribution in [-0.2, 0) is 17.1 Å². The van der Waals surface area contributed by atoms with Gasteiger partial charge >= 0.3 is 17.1 Å². The molecule has 0 amide bonds. The summed E-state index contributed by atoms with van der Waals surface area (Å²) >= 11 is -11.9. The van der Waals surface area contributed by atoms with Crippen LogP contribution in [0.25, 0.3) is 0 Å². The van der Waals surface area contributed by atoms with Gasteiger partial charge in [0.1, 0.15) is 40.2 Å². The van der Waals surface area contributed by atoms with Gasteiger partial charge in [-0.05, 0) is 0 Å². The van der Waals surface area contributed by atoms with Crippen molar-refractivity contribution in [3.05, 3.63) is 0 Å². The third-order valence-corrected chi connectivity index (χ3v) is 0. The summed E-state index contributed by atoms with van der Waals surface area (Å²) in [5.74, 6) is 0. The maximum atomic E-state index is 8.62. The summed E-state index contributed by atoms with van der Waals surface area (Å²) in [5.41, 5.74) is 0. The maximum Gasteiger partial charge on any atom is 2.00 e. The topological polar surface area (TPSA) is 184 Å². The predicted octanol–water partition coefficient (Wildman–Crippen LogP) is -15.5. The fourth-order valence-corrected chi connectivity index (χ4v) is 0. The van der Waals surface area contributed by atoms with Crippen LogP contribution in [0.5, 0.6) is 0 Å². The molecule has 11 heteroatoms. The van der Waals surface area contributed by atoms with Gasteiger partial charge in [0.2, 0.25) is 0 Å². The van der Waals surface area contributed by atoms with Gasteiger partial charge in [0, 0.05) is 0 Å². The van der Waals surface area contributed by atoms with Crippen molar-refractivity contribution in [3.8, 4) is 0 Å². The Balaban J connectivity index is -0.000000107. The van der Waals surface area contributed by atoms with Crippen molar-refractivity contribution in [1.29, 1.82) is 0 Å². The van der Waals surface area contributed by atoms with E-state index < -0.39 is 40.2 Å². The summed E-state index contributed by atoms with van der Waals surface area (Å²) in [6.07, 6.45) is 0. The van der Waals surface area contributed by atoms with Gasteiger partial charge in [0.15, 0.2) is 0 Å². The molecule has 0 aromatic carbocycles. The summed E-state index contributed by atoms with van der Waals surface area (Å²) in [6, 6.07) is 0. The van der Waals surface area contributed by atoms with Gasteiger partial charge < -0.3 is 0 Å². The monoisotopic (exact) mass is 437 g/mol. The van der Waals surface area contributed by atoms with Crippen LogP contribution in [0.2, 0.25) is 0 Å². The molecular weight excluding hydrogens is 437 g/mol. The van der Waals surface area contributed by atoms with E-state index in [-0.39, 0.29) is 17.1 Å². The van der Waals surface area contributed by atoms with Crippen LogP contribution < -0.4 is 67.7 Å². The molecule has 0 aliphatic heterocycles. The predicted molar refractivity (Wildman–Crippen MR) is 0 cm³/mol. The van der Waals surface area contributed by atoms with Gasteiger partial charge in [-0.1, -0.05) is 0 Å². The molecule has 0 aliphatic rings. The Labute approximate surface area is 84.0 Å². The second kappa shape index (κ2) is 7.10. The molecule has 0 heterocycles. The molecule has 8 nitrogen and oxygen atoms in total. The van der Waals surface area contributed by atoms with Crippen LogP contribution in [0.3, 0.4) is 0 Å². The van der Waals surface area contributed by atoms with E-state index in [0.717, 1.165) is 0 Å². The third kappa shape index (κ3) is 395. The molecule has 0 aliphatic carbocycles. The van der Waals surface area contributed by atoms with Crippen molar-refractivity contribution in [1.82, 2.24) is 0 Å². The summed E-state index contributed by atoms with van der Waals surface area (Å²) in [5, 5.41) is 0. The number of halogens is 2. The van der Waals surface area contributed by atoms with Gasteiger partial charge in [0.05, 0.1) is 0 Å². The van der Waals surface area contributed by atoms with E-state index in [0.29, 0.717) is 0 Å². The van der Waals surface area contributed by atoms with E-state index in [2.05, 4.69) is 0 Å². The van der Waals surface area contributed by atoms with Crippen LogP contribution in [0.1, 0.15) is 0 Å². The van der Waals surface area contributed by atoms with Crippen molar-refractivity contribution in [3.63, 3.8) is 0 Å². The van der Waals surface area contributed by atoms with Gasteiger partial charge in [-0.25, -0.2) is 0 Å². The van der Waals surface area contributed by atoms with E-state index in [9.17, 15) is 0 Å². The zero-order valence-corrected chi connectivity index (χ0v) is 9.90. The second-order valence-electron chi connectivity index (χ2n) is 0.756. The smallest absolute Gasteiger partial charge is 0.286 e. The molecule has 0 bridgehead atoms. The van der Waals surface area contributed by atoms with Crippen LogP contribution in [0.4, 0.5) is 0 Å². The molecule has 0 fully saturated rings. The quantitative estimate of drug-likeness (QED) is 0.264. The van der Waals surface area contributed by atoms with Crippen molar-refractivity contribution < 1.29 is 84.7 Å². The second-order valence-corrected chi connectivity index (χ2v) is 5.07. The normalized spacial score (nSPS) is 10.9. The first kappa shape index (κ1) is 18.4. The van der Waals surface area contributed by atoms with E-state index >= 15 is 0 Å². The summed E-state index contributed by atoms with van der Waals surface area (Å²) < 4.78 is 68.9. The molecule has 0 saturated heterocycles. The summed E-state index contributed by atoms with van der Waals surface area (Å²) in [7, 11) is 0. The van der Waals surface area contributed by atoms with Gasteiger partial charge in [0.25, 0.3) is 0 Å². The van der Waals surface area contributed by atoms with E-state index in [4.69, 9.17) is 27.5 Å². The fraction of sp³-hybridized carbons (Fsp3) is 0. The largest absolute Gasteiger partial charge is 2.00 e. The molecule has 0 atom stereocenters. The number of hydrogen-bond donors (Lipinski definition) is 0. The first-order chi connectivity index (χ1) is 4.00. The van der Waals surface area contributed by atoms with E-state index in [1.54, 1.807) is 0 Å². The average molecular weight is 437 g/mol. The Bertz CT molecular complexity index is 55.1. The molecule has 0 N–H and O–H groups in total. The summed E-state index contributed by atoms with van der Waals surface area (Å²) in [4.78, 5) is 0. The molecule has 0 spiro atoms. The van der Waals surface area contributed by atoms with Gasteiger partial charge in [-0.3, -0.25) is 27.5 Å². The Kier molecular flexibility index (Phi) is 11.9. The Hall–Kier alpha value is 1.66. The first-order valence-electron chi connectivity index (χ1n) is 1.23. The first-order valence-corrected chi connectivity index (χ1v) is 8.28. The molecule has 0 saturated carbocycles. The minimum absolute atomic E-state index is 0. The molecule has 69 valence electrons. The Morgan fingerprint density at radius 2 is 0.455 bits per heavy atom. The molecule has 0 unspecified atom stereocenters. The minimum Gasteiger partial charge on any atom is -0.286 e. The van der Waals surface area contributed by atoms with Crippen LogP contribution in [0.15, 0.2) is 0 Å². The van der Waals surface area contributed by atoms with Gasteiger partial charge in [-0.2, -0.15) is 0 Å². The number of hydrogen-bond acceptors (Lipinski definition) is 8. The van der Waals surface area contributed by atoms with Crippen molar-refractivity contribution >= 4 is 0 Å². The molecule has 0 aromatic rings. The summed E-state index contributed by atoms with van der Waals surface area (Å²) in [6.45, 7) is 0. The van der Waals surface area contributed by atoms with E-state index in [1.165, 1.54) is 0 Å². The van der Waals surface area contributed by atoms with Crippen molar-refractivity contribution in [2.45, 2.75) is 0 Å². The number of rotatable bonds is 0. The molecule has 11 heavy (non-hydrogen) atoms. The minimum atomic E-state index is -5.94. The standard InChI is InChI=1S/2IO4.Mn/c2*2-1(3,4)5;/q2*-1;+2. The van der Waals surface area contributed by atoms with Crippen molar-refractivity contribution in [2.75, 3.05) is 0 Å². The average Bonchev–Trinajstić information content (AvgIpc) is 1.12. The third-order valence-electron chi connectivity index (χ3n) is 0. The Morgan fingerprint density at radius 3 is 0.455 bits per heavy atom. The van der Waals surface area contributed by atoms with Crippen LogP contribution in [0, 0.1) is 0 Å². The Morgan fingerprint density at radius 1 is 0.455 bits per heavy atom.